The lowest BCUT2D eigenvalue weighted by Gasteiger charge is -2.12. The number of hydrogen-bond acceptors (Lipinski definition) is 2. The summed E-state index contributed by atoms with van der Waals surface area (Å²) >= 11 is 0. The molecule has 2 heteroatoms. The van der Waals surface area contributed by atoms with Crippen molar-refractivity contribution in [2.75, 3.05) is 6.61 Å². The molecular formula is C19H23NO. The number of nitrogens with one attached hydrogen (secondary N) is 1. The van der Waals surface area contributed by atoms with Crippen molar-refractivity contribution >= 4 is 0 Å². The molecule has 1 unspecified atom stereocenters. The van der Waals surface area contributed by atoms with E-state index in [2.05, 4.69) is 55.6 Å². The number of benzene rings is 2. The molecule has 2 nitrogen and oxygen atoms in total. The van der Waals surface area contributed by atoms with Gasteiger partial charge < -0.3 is 10.1 Å². The molecular weight excluding hydrogens is 258 g/mol. The van der Waals surface area contributed by atoms with E-state index in [-0.39, 0.29) is 0 Å². The lowest BCUT2D eigenvalue weighted by Crippen LogP contribution is -2.21. The molecule has 1 aliphatic heterocycles. The first kappa shape index (κ1) is 14.2. The van der Waals surface area contributed by atoms with Crippen LogP contribution in [0.5, 0.6) is 5.75 Å². The maximum absolute atomic E-state index is 5.70. The van der Waals surface area contributed by atoms with Gasteiger partial charge in [-0.1, -0.05) is 56.3 Å². The average Bonchev–Trinajstić information content (AvgIpc) is 2.89. The van der Waals surface area contributed by atoms with Crippen LogP contribution in [0.15, 0.2) is 48.5 Å². The number of rotatable bonds is 5. The third kappa shape index (κ3) is 3.45. The Kier molecular flexibility index (Phi) is 4.26. The molecule has 0 bridgehead atoms. The van der Waals surface area contributed by atoms with Crippen molar-refractivity contribution in [3.8, 4) is 5.75 Å². The first-order valence-electron chi connectivity index (χ1n) is 7.75. The van der Waals surface area contributed by atoms with Crippen LogP contribution < -0.4 is 10.1 Å². The van der Waals surface area contributed by atoms with E-state index in [0.717, 1.165) is 25.3 Å². The zero-order valence-corrected chi connectivity index (χ0v) is 12.8. The van der Waals surface area contributed by atoms with Gasteiger partial charge in [-0.15, -0.1) is 0 Å². The van der Waals surface area contributed by atoms with Crippen molar-refractivity contribution in [3.05, 3.63) is 65.2 Å². The van der Waals surface area contributed by atoms with E-state index in [4.69, 9.17) is 4.74 Å². The van der Waals surface area contributed by atoms with Gasteiger partial charge in [0.1, 0.15) is 12.4 Å². The molecule has 1 aliphatic rings. The van der Waals surface area contributed by atoms with Crippen molar-refractivity contribution in [2.45, 2.75) is 32.9 Å². The molecule has 0 amide bonds. The molecule has 21 heavy (non-hydrogen) atoms. The van der Waals surface area contributed by atoms with E-state index in [0.29, 0.717) is 12.0 Å². The highest BCUT2D eigenvalue weighted by molar-refractivity contribution is 5.39. The Balaban J connectivity index is 1.59. The SMILES string of the molecule is CC(C)Cc1ccc(CNC2COc3ccccc32)cc1. The fourth-order valence-electron chi connectivity index (χ4n) is 2.84. The molecule has 2 aromatic rings. The topological polar surface area (TPSA) is 21.3 Å². The van der Waals surface area contributed by atoms with Crippen molar-refractivity contribution in [3.63, 3.8) is 0 Å². The maximum Gasteiger partial charge on any atom is 0.124 e. The molecule has 1 heterocycles. The summed E-state index contributed by atoms with van der Waals surface area (Å²) in [6.07, 6.45) is 1.15. The summed E-state index contributed by atoms with van der Waals surface area (Å²) < 4.78 is 5.70. The first-order valence-corrected chi connectivity index (χ1v) is 7.75. The molecule has 1 N–H and O–H groups in total. The van der Waals surface area contributed by atoms with E-state index in [1.165, 1.54) is 16.7 Å². The van der Waals surface area contributed by atoms with Crippen LogP contribution in [-0.4, -0.2) is 6.61 Å². The minimum absolute atomic E-state index is 0.302. The highest BCUT2D eigenvalue weighted by Gasteiger charge is 2.22. The summed E-state index contributed by atoms with van der Waals surface area (Å²) in [5.74, 6) is 1.73. The van der Waals surface area contributed by atoms with Crippen LogP contribution in [-0.2, 0) is 13.0 Å². The standard InChI is InChI=1S/C19H23NO/c1-14(2)11-15-7-9-16(10-8-15)12-20-18-13-21-19-6-4-3-5-17(18)19/h3-10,14,18,20H,11-13H2,1-2H3. The van der Waals surface area contributed by atoms with E-state index < -0.39 is 0 Å². The Morgan fingerprint density at radius 3 is 2.52 bits per heavy atom. The van der Waals surface area contributed by atoms with Gasteiger partial charge in [0.15, 0.2) is 0 Å². The van der Waals surface area contributed by atoms with E-state index in [9.17, 15) is 0 Å². The molecule has 2 aromatic carbocycles. The number of ether oxygens (including phenoxy) is 1. The van der Waals surface area contributed by atoms with Crippen LogP contribution in [0.25, 0.3) is 0 Å². The minimum Gasteiger partial charge on any atom is -0.491 e. The second-order valence-corrected chi connectivity index (χ2v) is 6.20. The zero-order valence-electron chi connectivity index (χ0n) is 12.8. The van der Waals surface area contributed by atoms with Crippen LogP contribution in [0.2, 0.25) is 0 Å². The van der Waals surface area contributed by atoms with Crippen LogP contribution in [0.4, 0.5) is 0 Å². The van der Waals surface area contributed by atoms with Gasteiger partial charge in [0.2, 0.25) is 0 Å². The number of fused-ring (bicyclic) bond motifs is 1. The first-order chi connectivity index (χ1) is 10.2. The van der Waals surface area contributed by atoms with Crippen molar-refractivity contribution < 1.29 is 4.74 Å². The third-order valence-corrected chi connectivity index (χ3v) is 3.92. The van der Waals surface area contributed by atoms with Crippen LogP contribution in [0.1, 0.15) is 36.6 Å². The second kappa shape index (κ2) is 6.31. The van der Waals surface area contributed by atoms with Gasteiger partial charge in [-0.2, -0.15) is 0 Å². The largest absolute Gasteiger partial charge is 0.491 e. The quantitative estimate of drug-likeness (QED) is 0.890. The fraction of sp³-hybridized carbons (Fsp3) is 0.368. The summed E-state index contributed by atoms with van der Waals surface area (Å²) in [7, 11) is 0. The predicted octanol–water partition coefficient (Wildman–Crippen LogP) is 4.11. The molecule has 0 radical (unpaired) electrons. The predicted molar refractivity (Wildman–Crippen MR) is 86.5 cm³/mol. The molecule has 110 valence electrons. The van der Waals surface area contributed by atoms with E-state index >= 15 is 0 Å². The molecule has 0 saturated heterocycles. The summed E-state index contributed by atoms with van der Waals surface area (Å²) in [6, 6.07) is 17.5. The van der Waals surface area contributed by atoms with Crippen LogP contribution in [0, 0.1) is 5.92 Å². The molecule has 0 spiro atoms. The second-order valence-electron chi connectivity index (χ2n) is 6.20. The van der Waals surface area contributed by atoms with Gasteiger partial charge in [0.05, 0.1) is 6.04 Å². The van der Waals surface area contributed by atoms with Gasteiger partial charge in [0, 0.05) is 12.1 Å². The maximum atomic E-state index is 5.70. The Morgan fingerprint density at radius 2 is 1.76 bits per heavy atom. The van der Waals surface area contributed by atoms with Crippen LogP contribution >= 0.6 is 0 Å². The molecule has 0 fully saturated rings. The van der Waals surface area contributed by atoms with Gasteiger partial charge in [-0.05, 0) is 29.5 Å². The lowest BCUT2D eigenvalue weighted by molar-refractivity contribution is 0.310. The molecule has 0 aromatic heterocycles. The Morgan fingerprint density at radius 1 is 1.05 bits per heavy atom. The smallest absolute Gasteiger partial charge is 0.124 e. The average molecular weight is 281 g/mol. The molecule has 3 rings (SSSR count). The Bertz CT molecular complexity index is 589. The van der Waals surface area contributed by atoms with Gasteiger partial charge in [-0.25, -0.2) is 0 Å². The van der Waals surface area contributed by atoms with Crippen molar-refractivity contribution in [1.29, 1.82) is 0 Å². The highest BCUT2D eigenvalue weighted by Crippen LogP contribution is 2.31. The van der Waals surface area contributed by atoms with Crippen molar-refractivity contribution in [2.24, 2.45) is 5.92 Å². The van der Waals surface area contributed by atoms with Gasteiger partial charge in [0.25, 0.3) is 0 Å². The number of para-hydroxylation sites is 1. The van der Waals surface area contributed by atoms with E-state index in [1.807, 2.05) is 12.1 Å². The van der Waals surface area contributed by atoms with Crippen LogP contribution in [0.3, 0.4) is 0 Å². The van der Waals surface area contributed by atoms with Gasteiger partial charge in [-0.3, -0.25) is 0 Å². The third-order valence-electron chi connectivity index (χ3n) is 3.92. The Labute approximate surface area is 127 Å². The highest BCUT2D eigenvalue weighted by atomic mass is 16.5. The monoisotopic (exact) mass is 281 g/mol. The summed E-state index contributed by atoms with van der Waals surface area (Å²) in [5, 5.41) is 3.59. The van der Waals surface area contributed by atoms with Gasteiger partial charge >= 0.3 is 0 Å². The summed E-state index contributed by atoms with van der Waals surface area (Å²) in [5.41, 5.74) is 4.02. The molecule has 0 aliphatic carbocycles. The zero-order chi connectivity index (χ0) is 14.7. The number of hydrogen-bond donors (Lipinski definition) is 1. The Hall–Kier alpha value is -1.80. The van der Waals surface area contributed by atoms with Crippen molar-refractivity contribution in [1.82, 2.24) is 5.32 Å². The summed E-state index contributed by atoms with van der Waals surface area (Å²) in [4.78, 5) is 0. The summed E-state index contributed by atoms with van der Waals surface area (Å²) in [6.45, 7) is 6.12. The minimum atomic E-state index is 0.302. The normalized spacial score (nSPS) is 16.8. The fourth-order valence-corrected chi connectivity index (χ4v) is 2.84. The molecule has 0 saturated carbocycles. The van der Waals surface area contributed by atoms with E-state index in [1.54, 1.807) is 0 Å². The molecule has 1 atom stereocenters. The lowest BCUT2D eigenvalue weighted by atomic mass is 10.0.